The lowest BCUT2D eigenvalue weighted by atomic mass is 10.0. The van der Waals surface area contributed by atoms with Gasteiger partial charge >= 0.3 is 0 Å². The lowest BCUT2D eigenvalue weighted by Crippen LogP contribution is -2.33. The molecule has 4 heteroatoms. The summed E-state index contributed by atoms with van der Waals surface area (Å²) in [4.78, 5) is 11.0. The quantitative estimate of drug-likeness (QED) is 0.319. The van der Waals surface area contributed by atoms with Crippen LogP contribution in [-0.2, 0) is 4.79 Å². The molecule has 100 valence electrons. The van der Waals surface area contributed by atoms with E-state index < -0.39 is 0 Å². The zero-order chi connectivity index (χ0) is 13.1. The Hall–Kier alpha value is -0.480. The van der Waals surface area contributed by atoms with E-state index in [0.717, 1.165) is 50.1 Å². The lowest BCUT2D eigenvalue weighted by molar-refractivity contribution is -0.119. The van der Waals surface area contributed by atoms with Gasteiger partial charge in [-0.3, -0.25) is 4.79 Å². The summed E-state index contributed by atoms with van der Waals surface area (Å²) >= 11 is 4.16. The molecule has 0 aromatic heterocycles. The second-order valence-corrected chi connectivity index (χ2v) is 4.87. The van der Waals surface area contributed by atoms with Gasteiger partial charge in [0, 0.05) is 13.0 Å². The predicted octanol–water partition coefficient (Wildman–Crippen LogP) is 2.15. The lowest BCUT2D eigenvalue weighted by Gasteiger charge is -2.17. The third-order valence-corrected chi connectivity index (χ3v) is 2.90. The van der Waals surface area contributed by atoms with Crippen LogP contribution >= 0.6 is 12.6 Å². The normalized spacial score (nSPS) is 12.2. The monoisotopic (exact) mass is 258 g/mol. The molecule has 0 rings (SSSR count). The first kappa shape index (κ1) is 16.5. The van der Waals surface area contributed by atoms with E-state index in [9.17, 15) is 4.79 Å². The minimum absolute atomic E-state index is 0.0184. The molecule has 0 aromatic rings. The topological polar surface area (TPSA) is 41.1 Å². The number of carbonyl (C=O) groups excluding carboxylic acids is 1. The molecule has 0 aliphatic carbocycles. The van der Waals surface area contributed by atoms with Crippen molar-refractivity contribution in [2.75, 3.05) is 18.8 Å². The van der Waals surface area contributed by atoms with Crippen LogP contribution in [0.2, 0.25) is 0 Å². The molecule has 1 amide bonds. The fourth-order valence-electron chi connectivity index (χ4n) is 1.61. The summed E-state index contributed by atoms with van der Waals surface area (Å²) in [7, 11) is 0. The van der Waals surface area contributed by atoms with E-state index in [1.165, 1.54) is 0 Å². The maximum Gasteiger partial charge on any atom is 0.217 e. The molecule has 1 unspecified atom stereocenters. The van der Waals surface area contributed by atoms with Crippen molar-refractivity contribution in [1.82, 2.24) is 10.6 Å². The van der Waals surface area contributed by atoms with Crippen LogP contribution in [0.1, 0.15) is 39.5 Å². The van der Waals surface area contributed by atoms with E-state index in [-0.39, 0.29) is 11.9 Å². The summed E-state index contributed by atoms with van der Waals surface area (Å²) in [6.45, 7) is 9.50. The number of unbranched alkanes of at least 4 members (excludes halogenated alkanes) is 1. The number of hydrogen-bond acceptors (Lipinski definition) is 3. The third-order valence-electron chi connectivity index (χ3n) is 2.58. The first-order valence-electron chi connectivity index (χ1n) is 6.32. The van der Waals surface area contributed by atoms with Crippen molar-refractivity contribution in [3.05, 3.63) is 12.2 Å². The molecule has 17 heavy (non-hydrogen) atoms. The van der Waals surface area contributed by atoms with Gasteiger partial charge in [-0.05, 0) is 51.4 Å². The van der Waals surface area contributed by atoms with Gasteiger partial charge in [-0.2, -0.15) is 12.6 Å². The van der Waals surface area contributed by atoms with Crippen molar-refractivity contribution in [2.45, 2.75) is 45.6 Å². The third kappa shape index (κ3) is 10.4. The number of amides is 1. The molecule has 0 aliphatic heterocycles. The van der Waals surface area contributed by atoms with E-state index >= 15 is 0 Å². The SMILES string of the molecule is C=C(C)C(CCCCNCCCS)NC(C)=O. The predicted molar refractivity (Wildman–Crippen MR) is 77.6 cm³/mol. The second kappa shape index (κ2) is 10.7. The maximum atomic E-state index is 11.0. The van der Waals surface area contributed by atoms with Crippen molar-refractivity contribution in [3.8, 4) is 0 Å². The Bertz CT molecular complexity index is 231. The molecule has 1 atom stereocenters. The summed E-state index contributed by atoms with van der Waals surface area (Å²) in [6, 6.07) is 0.130. The largest absolute Gasteiger partial charge is 0.350 e. The molecular weight excluding hydrogens is 232 g/mol. The summed E-state index contributed by atoms with van der Waals surface area (Å²) in [6.07, 6.45) is 4.33. The van der Waals surface area contributed by atoms with Gasteiger partial charge in [-0.15, -0.1) is 0 Å². The van der Waals surface area contributed by atoms with Gasteiger partial charge in [0.1, 0.15) is 0 Å². The molecule has 0 radical (unpaired) electrons. The Balaban J connectivity index is 3.55. The fraction of sp³-hybridized carbons (Fsp3) is 0.769. The molecule has 0 fully saturated rings. The van der Waals surface area contributed by atoms with Crippen molar-refractivity contribution in [3.63, 3.8) is 0 Å². The maximum absolute atomic E-state index is 11.0. The van der Waals surface area contributed by atoms with Crippen LogP contribution in [0.3, 0.4) is 0 Å². The minimum atomic E-state index is 0.0184. The highest BCUT2D eigenvalue weighted by molar-refractivity contribution is 7.80. The Labute approximate surface area is 111 Å². The van der Waals surface area contributed by atoms with Crippen LogP contribution in [0.5, 0.6) is 0 Å². The van der Waals surface area contributed by atoms with Crippen LogP contribution in [0.4, 0.5) is 0 Å². The molecule has 0 aromatic carbocycles. The second-order valence-electron chi connectivity index (χ2n) is 4.42. The number of nitrogens with one attached hydrogen (secondary N) is 2. The highest BCUT2D eigenvalue weighted by Gasteiger charge is 2.09. The zero-order valence-corrected chi connectivity index (χ0v) is 12.0. The van der Waals surface area contributed by atoms with Gasteiger partial charge in [0.2, 0.25) is 5.91 Å². The Morgan fingerprint density at radius 1 is 1.24 bits per heavy atom. The van der Waals surface area contributed by atoms with Gasteiger partial charge in [0.05, 0.1) is 0 Å². The van der Waals surface area contributed by atoms with Gasteiger partial charge in [0.15, 0.2) is 0 Å². The van der Waals surface area contributed by atoms with Crippen molar-refractivity contribution in [1.29, 1.82) is 0 Å². The average Bonchev–Trinajstić information content (AvgIpc) is 2.25. The van der Waals surface area contributed by atoms with E-state index in [4.69, 9.17) is 0 Å². The first-order chi connectivity index (χ1) is 8.07. The van der Waals surface area contributed by atoms with E-state index in [1.54, 1.807) is 6.92 Å². The Morgan fingerprint density at radius 2 is 1.88 bits per heavy atom. The van der Waals surface area contributed by atoms with Crippen LogP contribution < -0.4 is 10.6 Å². The first-order valence-corrected chi connectivity index (χ1v) is 6.95. The Kier molecular flexibility index (Phi) is 10.4. The van der Waals surface area contributed by atoms with E-state index in [2.05, 4.69) is 29.8 Å². The summed E-state index contributed by atoms with van der Waals surface area (Å²) in [5, 5.41) is 6.29. The molecule has 3 nitrogen and oxygen atoms in total. The number of rotatable bonds is 10. The van der Waals surface area contributed by atoms with Crippen LogP contribution in [-0.4, -0.2) is 30.8 Å². The average molecular weight is 258 g/mol. The highest BCUT2D eigenvalue weighted by Crippen LogP contribution is 2.07. The van der Waals surface area contributed by atoms with Crippen LogP contribution in [0.15, 0.2) is 12.2 Å². The van der Waals surface area contributed by atoms with Gasteiger partial charge < -0.3 is 10.6 Å². The van der Waals surface area contributed by atoms with Gasteiger partial charge in [-0.1, -0.05) is 12.2 Å². The summed E-state index contributed by atoms with van der Waals surface area (Å²) in [5.41, 5.74) is 1.03. The molecule has 0 bridgehead atoms. The highest BCUT2D eigenvalue weighted by atomic mass is 32.1. The molecule has 0 spiro atoms. The van der Waals surface area contributed by atoms with E-state index in [1.807, 2.05) is 6.92 Å². The Morgan fingerprint density at radius 3 is 2.41 bits per heavy atom. The number of hydrogen-bond donors (Lipinski definition) is 3. The molecule has 0 saturated carbocycles. The van der Waals surface area contributed by atoms with Gasteiger partial charge in [0.25, 0.3) is 0 Å². The molecular formula is C13H26N2OS. The van der Waals surface area contributed by atoms with Crippen LogP contribution in [0, 0.1) is 0 Å². The van der Waals surface area contributed by atoms with Crippen molar-refractivity contribution >= 4 is 18.5 Å². The minimum Gasteiger partial charge on any atom is -0.350 e. The summed E-state index contributed by atoms with van der Waals surface area (Å²) < 4.78 is 0. The van der Waals surface area contributed by atoms with Crippen molar-refractivity contribution < 1.29 is 4.79 Å². The smallest absolute Gasteiger partial charge is 0.217 e. The molecule has 0 aliphatic rings. The van der Waals surface area contributed by atoms with Crippen LogP contribution in [0.25, 0.3) is 0 Å². The fourth-order valence-corrected chi connectivity index (χ4v) is 1.77. The molecule has 2 N–H and O–H groups in total. The van der Waals surface area contributed by atoms with E-state index in [0.29, 0.717) is 0 Å². The van der Waals surface area contributed by atoms with Crippen molar-refractivity contribution in [2.24, 2.45) is 0 Å². The molecule has 0 saturated heterocycles. The standard InChI is InChI=1S/C13H26N2OS/c1-11(2)13(15-12(3)16)7-4-5-8-14-9-6-10-17/h13-14,17H,1,4-10H2,2-3H3,(H,15,16). The van der Waals surface area contributed by atoms with Gasteiger partial charge in [-0.25, -0.2) is 0 Å². The zero-order valence-electron chi connectivity index (χ0n) is 11.1. The number of carbonyl (C=O) groups is 1. The summed E-state index contributed by atoms with van der Waals surface area (Å²) in [5.74, 6) is 0.956. The molecule has 0 heterocycles. The number of thiol groups is 1.